The third-order valence-electron chi connectivity index (χ3n) is 4.80. The fourth-order valence-corrected chi connectivity index (χ4v) is 4.13. The number of allylic oxidation sites excluding steroid dienone is 1. The van der Waals surface area contributed by atoms with Gasteiger partial charge in [-0.1, -0.05) is 47.6 Å². The molecule has 1 N–H and O–H groups in total. The van der Waals surface area contributed by atoms with Gasteiger partial charge in [0.15, 0.2) is 5.16 Å². The Morgan fingerprint density at radius 3 is 2.78 bits per heavy atom. The van der Waals surface area contributed by atoms with Crippen molar-refractivity contribution in [2.75, 3.05) is 17.7 Å². The van der Waals surface area contributed by atoms with Gasteiger partial charge in [0.05, 0.1) is 12.4 Å². The van der Waals surface area contributed by atoms with Crippen LogP contribution in [0.1, 0.15) is 23.4 Å². The van der Waals surface area contributed by atoms with E-state index in [-0.39, 0.29) is 11.7 Å². The van der Waals surface area contributed by atoms with Crippen molar-refractivity contribution < 1.29 is 9.53 Å². The van der Waals surface area contributed by atoms with E-state index in [1.165, 1.54) is 11.8 Å². The van der Waals surface area contributed by atoms with Crippen LogP contribution < -0.4 is 10.1 Å². The fraction of sp³-hybridized carbons (Fsp3) is 0.292. The highest BCUT2D eigenvalue weighted by Crippen LogP contribution is 2.22. The van der Waals surface area contributed by atoms with Gasteiger partial charge in [-0.05, 0) is 55.7 Å². The molecule has 1 heterocycles. The van der Waals surface area contributed by atoms with Crippen LogP contribution in [-0.2, 0) is 17.8 Å². The van der Waals surface area contributed by atoms with E-state index in [0.29, 0.717) is 23.3 Å². The third kappa shape index (κ3) is 6.61. The predicted molar refractivity (Wildman–Crippen MR) is 131 cm³/mol. The highest BCUT2D eigenvalue weighted by Gasteiger charge is 2.14. The smallest absolute Gasteiger partial charge is 0.234 e. The number of carbonyl (C=O) groups is 1. The number of nitrogens with zero attached hydrogens (tertiary/aromatic N) is 3. The number of amides is 1. The van der Waals surface area contributed by atoms with Crippen LogP contribution in [0.5, 0.6) is 5.75 Å². The fourth-order valence-electron chi connectivity index (χ4n) is 3.14. The minimum Gasteiger partial charge on any atom is -0.493 e. The lowest BCUT2D eigenvalue weighted by atomic mass is 10.2. The predicted octanol–water partition coefficient (Wildman–Crippen LogP) is 5.48. The van der Waals surface area contributed by atoms with Gasteiger partial charge < -0.3 is 14.6 Å². The SMILES string of the molecule is C=CCn1c(CCCOc2ccccc2C)nnc1SCC(=O)Nc1ccc(Cl)cc1C. The molecule has 1 amide bonds. The number of nitrogens with one attached hydrogen (secondary N) is 1. The normalized spacial score (nSPS) is 10.7. The number of hydrogen-bond donors (Lipinski definition) is 1. The average molecular weight is 471 g/mol. The van der Waals surface area contributed by atoms with E-state index in [0.717, 1.165) is 41.2 Å². The Hall–Kier alpha value is -2.77. The Labute approximate surface area is 198 Å². The second kappa shape index (κ2) is 11.7. The lowest BCUT2D eigenvalue weighted by Gasteiger charge is -2.10. The zero-order chi connectivity index (χ0) is 22.9. The number of hydrogen-bond acceptors (Lipinski definition) is 5. The Kier molecular flexibility index (Phi) is 8.76. The van der Waals surface area contributed by atoms with Crippen LogP contribution in [0.4, 0.5) is 5.69 Å². The molecule has 0 saturated carbocycles. The van der Waals surface area contributed by atoms with Gasteiger partial charge in [-0.15, -0.1) is 16.8 Å². The van der Waals surface area contributed by atoms with Crippen LogP contribution in [0.2, 0.25) is 5.02 Å². The quantitative estimate of drug-likeness (QED) is 0.228. The number of rotatable bonds is 11. The van der Waals surface area contributed by atoms with Crippen LogP contribution in [0.3, 0.4) is 0 Å². The number of halogens is 1. The zero-order valence-corrected chi connectivity index (χ0v) is 19.9. The molecule has 3 rings (SSSR count). The molecule has 0 aliphatic carbocycles. The number of aromatic nitrogens is 3. The molecule has 3 aromatic rings. The lowest BCUT2D eigenvalue weighted by molar-refractivity contribution is -0.113. The average Bonchev–Trinajstić information content (AvgIpc) is 3.15. The number of carbonyl (C=O) groups excluding carboxylic acids is 1. The first-order valence-electron chi connectivity index (χ1n) is 10.4. The van der Waals surface area contributed by atoms with E-state index in [1.807, 2.05) is 48.7 Å². The Morgan fingerprint density at radius 1 is 1.22 bits per heavy atom. The summed E-state index contributed by atoms with van der Waals surface area (Å²) < 4.78 is 7.87. The molecule has 0 aliphatic rings. The van der Waals surface area contributed by atoms with Crippen molar-refractivity contribution in [3.8, 4) is 5.75 Å². The summed E-state index contributed by atoms with van der Waals surface area (Å²) in [7, 11) is 0. The van der Waals surface area contributed by atoms with Gasteiger partial charge in [0.25, 0.3) is 0 Å². The maximum absolute atomic E-state index is 12.4. The molecule has 0 atom stereocenters. The maximum Gasteiger partial charge on any atom is 0.234 e. The standard InChI is InChI=1S/C24H27ClN4O2S/c1-4-13-29-22(10-7-14-31-21-9-6-5-8-17(21)2)27-28-24(29)32-16-23(30)26-20-12-11-19(25)15-18(20)3/h4-6,8-9,11-12,15H,1,7,10,13-14,16H2,2-3H3,(H,26,30). The number of ether oxygens (including phenoxy) is 1. The summed E-state index contributed by atoms with van der Waals surface area (Å²) in [4.78, 5) is 12.4. The molecule has 168 valence electrons. The van der Waals surface area contributed by atoms with E-state index in [1.54, 1.807) is 18.2 Å². The first-order chi connectivity index (χ1) is 15.5. The Bertz CT molecular complexity index is 1080. The summed E-state index contributed by atoms with van der Waals surface area (Å²) in [6.45, 7) is 8.95. The minimum atomic E-state index is -0.109. The van der Waals surface area contributed by atoms with Gasteiger partial charge in [-0.25, -0.2) is 0 Å². The number of aryl methyl sites for hydroxylation is 3. The summed E-state index contributed by atoms with van der Waals surface area (Å²) in [5.74, 6) is 1.88. The molecular formula is C24H27ClN4O2S. The number of para-hydroxylation sites is 1. The summed E-state index contributed by atoms with van der Waals surface area (Å²) in [5, 5.41) is 12.9. The molecular weight excluding hydrogens is 444 g/mol. The largest absolute Gasteiger partial charge is 0.493 e. The molecule has 2 aromatic carbocycles. The molecule has 8 heteroatoms. The van der Waals surface area contributed by atoms with E-state index in [2.05, 4.69) is 22.1 Å². The highest BCUT2D eigenvalue weighted by molar-refractivity contribution is 7.99. The molecule has 0 fully saturated rings. The second-order valence-corrected chi connectivity index (χ2v) is 8.69. The molecule has 0 aliphatic heterocycles. The van der Waals surface area contributed by atoms with Crippen molar-refractivity contribution in [2.24, 2.45) is 0 Å². The maximum atomic E-state index is 12.4. The topological polar surface area (TPSA) is 69.0 Å². The Balaban J connectivity index is 1.53. The van der Waals surface area contributed by atoms with Gasteiger partial charge >= 0.3 is 0 Å². The summed E-state index contributed by atoms with van der Waals surface area (Å²) in [5.41, 5.74) is 2.79. The zero-order valence-electron chi connectivity index (χ0n) is 18.3. The van der Waals surface area contributed by atoms with Crippen molar-refractivity contribution in [3.05, 3.63) is 77.1 Å². The molecule has 0 bridgehead atoms. The summed E-state index contributed by atoms with van der Waals surface area (Å²) >= 11 is 7.33. The summed E-state index contributed by atoms with van der Waals surface area (Å²) in [6.07, 6.45) is 3.34. The number of benzene rings is 2. The first-order valence-corrected chi connectivity index (χ1v) is 11.7. The van der Waals surface area contributed by atoms with Gasteiger partial charge in [-0.3, -0.25) is 4.79 Å². The first kappa shape index (κ1) is 23.9. The van der Waals surface area contributed by atoms with Crippen molar-refractivity contribution in [2.45, 2.75) is 38.4 Å². The van der Waals surface area contributed by atoms with Gasteiger partial charge in [-0.2, -0.15) is 0 Å². The summed E-state index contributed by atoms with van der Waals surface area (Å²) in [6, 6.07) is 13.3. The van der Waals surface area contributed by atoms with Crippen molar-refractivity contribution in [1.82, 2.24) is 14.8 Å². The van der Waals surface area contributed by atoms with Crippen molar-refractivity contribution in [1.29, 1.82) is 0 Å². The number of anilines is 1. The van der Waals surface area contributed by atoms with Crippen LogP contribution in [0.15, 0.2) is 60.3 Å². The van der Waals surface area contributed by atoms with Crippen LogP contribution in [-0.4, -0.2) is 33.0 Å². The molecule has 1 aromatic heterocycles. The van der Waals surface area contributed by atoms with Crippen molar-refractivity contribution in [3.63, 3.8) is 0 Å². The monoisotopic (exact) mass is 470 g/mol. The number of thioether (sulfide) groups is 1. The van der Waals surface area contributed by atoms with E-state index < -0.39 is 0 Å². The van der Waals surface area contributed by atoms with Crippen molar-refractivity contribution >= 4 is 35.0 Å². The van der Waals surface area contributed by atoms with Gasteiger partial charge in [0, 0.05) is 23.7 Å². The third-order valence-corrected chi connectivity index (χ3v) is 6.00. The van der Waals surface area contributed by atoms with Crippen LogP contribution in [0, 0.1) is 13.8 Å². The molecule has 0 unspecified atom stereocenters. The van der Waals surface area contributed by atoms with Crippen LogP contribution in [0.25, 0.3) is 0 Å². The molecule has 6 nitrogen and oxygen atoms in total. The van der Waals surface area contributed by atoms with Gasteiger partial charge in [0.1, 0.15) is 11.6 Å². The molecule has 0 spiro atoms. The van der Waals surface area contributed by atoms with Crippen LogP contribution >= 0.6 is 23.4 Å². The highest BCUT2D eigenvalue weighted by atomic mass is 35.5. The Morgan fingerprint density at radius 2 is 2.03 bits per heavy atom. The molecule has 32 heavy (non-hydrogen) atoms. The molecule has 0 saturated heterocycles. The van der Waals surface area contributed by atoms with Gasteiger partial charge in [0.2, 0.25) is 5.91 Å². The lowest BCUT2D eigenvalue weighted by Crippen LogP contribution is -2.15. The second-order valence-electron chi connectivity index (χ2n) is 7.31. The van der Waals surface area contributed by atoms with E-state index in [4.69, 9.17) is 16.3 Å². The minimum absolute atomic E-state index is 0.109. The van der Waals surface area contributed by atoms with E-state index >= 15 is 0 Å². The van der Waals surface area contributed by atoms with E-state index in [9.17, 15) is 4.79 Å². The molecule has 0 radical (unpaired) electrons.